The van der Waals surface area contributed by atoms with Crippen LogP contribution < -0.4 is 5.32 Å². The molecule has 90 valence electrons. The quantitative estimate of drug-likeness (QED) is 0.681. The van der Waals surface area contributed by atoms with Gasteiger partial charge in [0.05, 0.1) is 0 Å². The van der Waals surface area contributed by atoms with Gasteiger partial charge in [-0.15, -0.1) is 0 Å². The average Bonchev–Trinajstić information content (AvgIpc) is 2.52. The number of likely N-dealkylation sites (tertiary alicyclic amines) is 1. The summed E-state index contributed by atoms with van der Waals surface area (Å²) in [5.74, 6) is 0.899. The lowest BCUT2D eigenvalue weighted by Gasteiger charge is -2.28. The molecule has 0 aliphatic carbocycles. The molecule has 3 unspecified atom stereocenters. The highest BCUT2D eigenvalue weighted by Gasteiger charge is 2.28. The van der Waals surface area contributed by atoms with Crippen LogP contribution in [0.15, 0.2) is 0 Å². The van der Waals surface area contributed by atoms with Crippen LogP contribution >= 0.6 is 0 Å². The van der Waals surface area contributed by atoms with Crippen LogP contribution in [0.2, 0.25) is 0 Å². The lowest BCUT2D eigenvalue weighted by Crippen LogP contribution is -2.36. The maximum Gasteiger partial charge on any atom is 0.00728 e. The van der Waals surface area contributed by atoms with E-state index in [0.717, 1.165) is 24.5 Å². The Balaban J connectivity index is 2.18. The van der Waals surface area contributed by atoms with Gasteiger partial charge in [-0.1, -0.05) is 13.8 Å². The molecular weight excluding hydrogens is 184 g/mol. The lowest BCUT2D eigenvalue weighted by atomic mass is 10.1. The zero-order chi connectivity index (χ0) is 11.3. The zero-order valence-electron chi connectivity index (χ0n) is 10.9. The molecule has 0 aromatic rings. The largest absolute Gasteiger partial charge is 0.317 e. The maximum atomic E-state index is 3.40. The van der Waals surface area contributed by atoms with Gasteiger partial charge in [0.1, 0.15) is 0 Å². The van der Waals surface area contributed by atoms with Crippen LogP contribution in [0, 0.1) is 5.92 Å². The topological polar surface area (TPSA) is 15.3 Å². The molecule has 1 aliphatic rings. The van der Waals surface area contributed by atoms with Crippen LogP contribution in [0.5, 0.6) is 0 Å². The molecule has 1 N–H and O–H groups in total. The number of rotatable bonds is 6. The first kappa shape index (κ1) is 13.0. The minimum absolute atomic E-state index is 0.767. The molecule has 2 nitrogen and oxygen atoms in total. The predicted molar refractivity (Wildman–Crippen MR) is 67.2 cm³/mol. The van der Waals surface area contributed by atoms with Gasteiger partial charge in [-0.3, -0.25) is 4.90 Å². The Morgan fingerprint density at radius 3 is 2.67 bits per heavy atom. The molecular formula is C13H28N2. The minimum Gasteiger partial charge on any atom is -0.317 e. The molecule has 2 heteroatoms. The van der Waals surface area contributed by atoms with Crippen LogP contribution in [-0.2, 0) is 0 Å². The molecule has 1 aliphatic heterocycles. The Labute approximate surface area is 95.4 Å². The van der Waals surface area contributed by atoms with E-state index in [1.807, 2.05) is 0 Å². The van der Waals surface area contributed by atoms with Crippen molar-refractivity contribution in [3.63, 3.8) is 0 Å². The van der Waals surface area contributed by atoms with Gasteiger partial charge in [0.25, 0.3) is 0 Å². The second-order valence-corrected chi connectivity index (χ2v) is 5.23. The maximum absolute atomic E-state index is 3.40. The van der Waals surface area contributed by atoms with Crippen molar-refractivity contribution in [3.8, 4) is 0 Å². The standard InChI is InChI=1S/C13H28N2/c1-5-14-8-6-7-12(3)15-10-11(2)9-13(15)4/h11-14H,5-10H2,1-4H3. The second kappa shape index (κ2) is 6.49. The van der Waals surface area contributed by atoms with Gasteiger partial charge in [0.15, 0.2) is 0 Å². The van der Waals surface area contributed by atoms with E-state index in [9.17, 15) is 0 Å². The lowest BCUT2D eigenvalue weighted by molar-refractivity contribution is 0.188. The van der Waals surface area contributed by atoms with Crippen LogP contribution in [0.3, 0.4) is 0 Å². The van der Waals surface area contributed by atoms with E-state index < -0.39 is 0 Å². The van der Waals surface area contributed by atoms with Crippen molar-refractivity contribution in [2.24, 2.45) is 5.92 Å². The van der Waals surface area contributed by atoms with Crippen molar-refractivity contribution in [2.45, 2.75) is 59.0 Å². The fourth-order valence-electron chi connectivity index (χ4n) is 2.81. The van der Waals surface area contributed by atoms with E-state index >= 15 is 0 Å². The minimum atomic E-state index is 0.767. The molecule has 0 saturated carbocycles. The van der Waals surface area contributed by atoms with Crippen LogP contribution in [0.25, 0.3) is 0 Å². The van der Waals surface area contributed by atoms with Crippen molar-refractivity contribution >= 4 is 0 Å². The Hall–Kier alpha value is -0.0800. The molecule has 15 heavy (non-hydrogen) atoms. The zero-order valence-corrected chi connectivity index (χ0v) is 10.9. The van der Waals surface area contributed by atoms with Crippen LogP contribution in [0.1, 0.15) is 47.0 Å². The third-order valence-electron chi connectivity index (χ3n) is 3.62. The van der Waals surface area contributed by atoms with Crippen LogP contribution in [-0.4, -0.2) is 36.6 Å². The first-order valence-corrected chi connectivity index (χ1v) is 6.61. The van der Waals surface area contributed by atoms with Gasteiger partial charge in [-0.2, -0.15) is 0 Å². The first-order valence-electron chi connectivity index (χ1n) is 6.61. The summed E-state index contributed by atoms with van der Waals surface area (Å²) in [7, 11) is 0. The fourth-order valence-corrected chi connectivity index (χ4v) is 2.81. The van der Waals surface area contributed by atoms with Gasteiger partial charge < -0.3 is 5.32 Å². The van der Waals surface area contributed by atoms with Gasteiger partial charge >= 0.3 is 0 Å². The van der Waals surface area contributed by atoms with Gasteiger partial charge in [-0.05, 0) is 52.1 Å². The molecule has 0 spiro atoms. The summed E-state index contributed by atoms with van der Waals surface area (Å²) in [4.78, 5) is 2.69. The summed E-state index contributed by atoms with van der Waals surface area (Å²) in [6, 6.07) is 1.57. The summed E-state index contributed by atoms with van der Waals surface area (Å²) in [5, 5.41) is 3.40. The van der Waals surface area contributed by atoms with Crippen molar-refractivity contribution in [1.82, 2.24) is 10.2 Å². The van der Waals surface area contributed by atoms with Gasteiger partial charge in [0.2, 0.25) is 0 Å². The Bertz CT molecular complexity index is 170. The van der Waals surface area contributed by atoms with Crippen LogP contribution in [0.4, 0.5) is 0 Å². The van der Waals surface area contributed by atoms with Crippen molar-refractivity contribution in [2.75, 3.05) is 19.6 Å². The molecule has 1 saturated heterocycles. The predicted octanol–water partition coefficient (Wildman–Crippen LogP) is 2.49. The third-order valence-corrected chi connectivity index (χ3v) is 3.62. The summed E-state index contributed by atoms with van der Waals surface area (Å²) in [6.07, 6.45) is 4.04. The third kappa shape index (κ3) is 4.12. The van der Waals surface area contributed by atoms with E-state index in [1.54, 1.807) is 0 Å². The number of nitrogens with one attached hydrogen (secondary N) is 1. The van der Waals surface area contributed by atoms with E-state index in [2.05, 4.69) is 37.9 Å². The molecule has 0 aromatic heterocycles. The van der Waals surface area contributed by atoms with Crippen molar-refractivity contribution in [3.05, 3.63) is 0 Å². The molecule has 0 amide bonds. The average molecular weight is 212 g/mol. The molecule has 0 radical (unpaired) electrons. The highest BCUT2D eigenvalue weighted by atomic mass is 15.2. The molecule has 1 fully saturated rings. The van der Waals surface area contributed by atoms with Gasteiger partial charge in [-0.25, -0.2) is 0 Å². The number of hydrogen-bond donors (Lipinski definition) is 1. The molecule has 1 rings (SSSR count). The molecule has 1 heterocycles. The van der Waals surface area contributed by atoms with E-state index in [-0.39, 0.29) is 0 Å². The smallest absolute Gasteiger partial charge is 0.00728 e. The normalized spacial score (nSPS) is 29.6. The van der Waals surface area contributed by atoms with E-state index in [1.165, 1.54) is 32.4 Å². The fraction of sp³-hybridized carbons (Fsp3) is 1.00. The Morgan fingerprint density at radius 1 is 1.40 bits per heavy atom. The van der Waals surface area contributed by atoms with E-state index in [0.29, 0.717) is 0 Å². The molecule has 0 bridgehead atoms. The summed E-state index contributed by atoms with van der Waals surface area (Å²) >= 11 is 0. The first-order chi connectivity index (χ1) is 7.15. The highest BCUT2D eigenvalue weighted by molar-refractivity contribution is 4.83. The second-order valence-electron chi connectivity index (χ2n) is 5.23. The number of nitrogens with zero attached hydrogens (tertiary/aromatic N) is 1. The summed E-state index contributed by atoms with van der Waals surface area (Å²) in [5.41, 5.74) is 0. The van der Waals surface area contributed by atoms with Crippen molar-refractivity contribution < 1.29 is 0 Å². The SMILES string of the molecule is CCNCCCC(C)N1CC(C)CC1C. The Morgan fingerprint density at radius 2 is 2.13 bits per heavy atom. The molecule has 3 atom stereocenters. The van der Waals surface area contributed by atoms with E-state index in [4.69, 9.17) is 0 Å². The van der Waals surface area contributed by atoms with Crippen molar-refractivity contribution in [1.29, 1.82) is 0 Å². The summed E-state index contributed by atoms with van der Waals surface area (Å²) in [6.45, 7) is 12.9. The summed E-state index contributed by atoms with van der Waals surface area (Å²) < 4.78 is 0. The Kier molecular flexibility index (Phi) is 5.62. The van der Waals surface area contributed by atoms with Gasteiger partial charge in [0, 0.05) is 18.6 Å². The number of hydrogen-bond acceptors (Lipinski definition) is 2. The molecule has 0 aromatic carbocycles. The highest BCUT2D eigenvalue weighted by Crippen LogP contribution is 2.25. The monoisotopic (exact) mass is 212 g/mol.